The highest BCUT2D eigenvalue weighted by atomic mass is 16.5. The van der Waals surface area contributed by atoms with Crippen LogP contribution in [0.3, 0.4) is 0 Å². The summed E-state index contributed by atoms with van der Waals surface area (Å²) in [7, 11) is 0.0125. The second-order valence-electron chi connectivity index (χ2n) is 4.23. The number of rotatable bonds is 3. The molecule has 1 heterocycles. The maximum Gasteiger partial charge on any atom is 0.492 e. The topological polar surface area (TPSA) is 58.9 Å². The molecule has 0 unspecified atom stereocenters. The Bertz CT molecular complexity index is 375. The van der Waals surface area contributed by atoms with E-state index in [1.807, 2.05) is 12.1 Å². The SMILES string of the molecule is COc1cc([C@@H]2CCCCO2)ccc1B(O)O. The monoisotopic (exact) mass is 236 g/mol. The summed E-state index contributed by atoms with van der Waals surface area (Å²) in [6.45, 7) is 0.789. The Balaban J connectivity index is 2.24. The zero-order valence-electron chi connectivity index (χ0n) is 9.93. The Morgan fingerprint density at radius 1 is 1.35 bits per heavy atom. The Hall–Kier alpha value is -1.04. The summed E-state index contributed by atoms with van der Waals surface area (Å²) >= 11 is 0. The molecule has 5 heteroatoms. The lowest BCUT2D eigenvalue weighted by Gasteiger charge is -2.23. The van der Waals surface area contributed by atoms with Crippen molar-refractivity contribution in [2.45, 2.75) is 25.4 Å². The molecule has 0 bridgehead atoms. The second-order valence-corrected chi connectivity index (χ2v) is 4.23. The van der Waals surface area contributed by atoms with Crippen LogP contribution in [-0.2, 0) is 4.74 Å². The lowest BCUT2D eigenvalue weighted by atomic mass is 9.78. The molecule has 2 N–H and O–H groups in total. The van der Waals surface area contributed by atoms with Crippen LogP contribution in [0.25, 0.3) is 0 Å². The predicted molar refractivity (Wildman–Crippen MR) is 65.4 cm³/mol. The van der Waals surface area contributed by atoms with Crippen molar-refractivity contribution in [2.24, 2.45) is 0 Å². The van der Waals surface area contributed by atoms with Gasteiger partial charge in [0.05, 0.1) is 13.2 Å². The van der Waals surface area contributed by atoms with E-state index in [1.54, 1.807) is 6.07 Å². The van der Waals surface area contributed by atoms with E-state index < -0.39 is 7.12 Å². The minimum Gasteiger partial charge on any atom is -0.497 e. The number of benzene rings is 1. The molecule has 17 heavy (non-hydrogen) atoms. The summed E-state index contributed by atoms with van der Waals surface area (Å²) < 4.78 is 10.8. The van der Waals surface area contributed by atoms with Gasteiger partial charge in [-0.15, -0.1) is 0 Å². The van der Waals surface area contributed by atoms with Crippen LogP contribution in [0.15, 0.2) is 18.2 Å². The van der Waals surface area contributed by atoms with Crippen molar-refractivity contribution in [1.82, 2.24) is 0 Å². The van der Waals surface area contributed by atoms with Crippen molar-refractivity contribution in [1.29, 1.82) is 0 Å². The summed E-state index contributed by atoms with van der Waals surface area (Å²) in [4.78, 5) is 0. The van der Waals surface area contributed by atoms with E-state index in [4.69, 9.17) is 9.47 Å². The van der Waals surface area contributed by atoms with E-state index in [-0.39, 0.29) is 6.10 Å². The average molecular weight is 236 g/mol. The van der Waals surface area contributed by atoms with Crippen molar-refractivity contribution < 1.29 is 19.5 Å². The van der Waals surface area contributed by atoms with Gasteiger partial charge in [-0.1, -0.05) is 12.1 Å². The van der Waals surface area contributed by atoms with E-state index >= 15 is 0 Å². The van der Waals surface area contributed by atoms with Gasteiger partial charge in [-0.25, -0.2) is 0 Å². The summed E-state index contributed by atoms with van der Waals surface area (Å²) in [5, 5.41) is 18.4. The van der Waals surface area contributed by atoms with Crippen molar-refractivity contribution in [3.05, 3.63) is 23.8 Å². The lowest BCUT2D eigenvalue weighted by Crippen LogP contribution is -2.31. The molecule has 0 aromatic heterocycles. The van der Waals surface area contributed by atoms with Crippen LogP contribution < -0.4 is 10.2 Å². The molecule has 2 rings (SSSR count). The molecule has 0 saturated carbocycles. The van der Waals surface area contributed by atoms with Gasteiger partial charge in [0.1, 0.15) is 5.75 Å². The molecule has 0 amide bonds. The quantitative estimate of drug-likeness (QED) is 0.755. The fourth-order valence-electron chi connectivity index (χ4n) is 2.14. The van der Waals surface area contributed by atoms with E-state index in [0.717, 1.165) is 31.4 Å². The van der Waals surface area contributed by atoms with Gasteiger partial charge in [0.25, 0.3) is 0 Å². The zero-order valence-corrected chi connectivity index (χ0v) is 9.93. The summed E-state index contributed by atoms with van der Waals surface area (Å²) in [6.07, 6.45) is 3.38. The normalized spacial score (nSPS) is 20.1. The van der Waals surface area contributed by atoms with Gasteiger partial charge < -0.3 is 19.5 Å². The van der Waals surface area contributed by atoms with Crippen LogP contribution in [0.2, 0.25) is 0 Å². The minimum atomic E-state index is -1.51. The molecule has 1 atom stereocenters. The molecule has 92 valence electrons. The molecule has 1 saturated heterocycles. The van der Waals surface area contributed by atoms with E-state index in [2.05, 4.69) is 0 Å². The zero-order chi connectivity index (χ0) is 12.3. The third-order valence-electron chi connectivity index (χ3n) is 3.09. The van der Waals surface area contributed by atoms with Crippen LogP contribution in [0.4, 0.5) is 0 Å². The second kappa shape index (κ2) is 5.53. The summed E-state index contributed by atoms with van der Waals surface area (Å²) in [5.41, 5.74) is 1.41. The van der Waals surface area contributed by atoms with Gasteiger partial charge in [-0.05, 0) is 30.9 Å². The van der Waals surface area contributed by atoms with E-state index in [1.165, 1.54) is 7.11 Å². The highest BCUT2D eigenvalue weighted by Crippen LogP contribution is 2.29. The molecule has 1 aromatic rings. The average Bonchev–Trinajstić information content (AvgIpc) is 2.39. The molecule has 0 spiro atoms. The molecule has 4 nitrogen and oxygen atoms in total. The van der Waals surface area contributed by atoms with Crippen LogP contribution in [0.1, 0.15) is 30.9 Å². The molecule has 1 fully saturated rings. The largest absolute Gasteiger partial charge is 0.497 e. The predicted octanol–water partition coefficient (Wildman–Crippen LogP) is 0.617. The first-order valence-electron chi connectivity index (χ1n) is 5.88. The van der Waals surface area contributed by atoms with Crippen molar-refractivity contribution in [2.75, 3.05) is 13.7 Å². The van der Waals surface area contributed by atoms with Gasteiger partial charge in [0, 0.05) is 12.1 Å². The van der Waals surface area contributed by atoms with Crippen LogP contribution in [0.5, 0.6) is 5.75 Å². The van der Waals surface area contributed by atoms with E-state index in [9.17, 15) is 10.0 Å². The maximum absolute atomic E-state index is 9.18. The van der Waals surface area contributed by atoms with E-state index in [0.29, 0.717) is 11.2 Å². The van der Waals surface area contributed by atoms with Crippen LogP contribution in [0, 0.1) is 0 Å². The Kier molecular flexibility index (Phi) is 4.04. The molecule has 1 aliphatic heterocycles. The maximum atomic E-state index is 9.18. The smallest absolute Gasteiger partial charge is 0.492 e. The summed E-state index contributed by atoms with van der Waals surface area (Å²) in [5.74, 6) is 0.492. The van der Waals surface area contributed by atoms with Crippen molar-refractivity contribution in [3.8, 4) is 5.75 Å². The highest BCUT2D eigenvalue weighted by molar-refractivity contribution is 6.59. The number of ether oxygens (including phenoxy) is 2. The van der Waals surface area contributed by atoms with Gasteiger partial charge in [0.15, 0.2) is 0 Å². The highest BCUT2D eigenvalue weighted by Gasteiger charge is 2.21. The minimum absolute atomic E-state index is 0.0996. The van der Waals surface area contributed by atoms with Crippen LogP contribution in [-0.4, -0.2) is 30.9 Å². The fourth-order valence-corrected chi connectivity index (χ4v) is 2.14. The van der Waals surface area contributed by atoms with Gasteiger partial charge in [0.2, 0.25) is 0 Å². The molecular weight excluding hydrogens is 219 g/mol. The molecule has 0 aliphatic carbocycles. The first-order chi connectivity index (χ1) is 8.22. The van der Waals surface area contributed by atoms with Crippen molar-refractivity contribution >= 4 is 12.6 Å². The Morgan fingerprint density at radius 2 is 2.18 bits per heavy atom. The van der Waals surface area contributed by atoms with Crippen molar-refractivity contribution in [3.63, 3.8) is 0 Å². The Morgan fingerprint density at radius 3 is 2.76 bits per heavy atom. The van der Waals surface area contributed by atoms with Crippen LogP contribution >= 0.6 is 0 Å². The first-order valence-corrected chi connectivity index (χ1v) is 5.88. The van der Waals surface area contributed by atoms with Gasteiger partial charge >= 0.3 is 7.12 Å². The fraction of sp³-hybridized carbons (Fsp3) is 0.500. The standard InChI is InChI=1S/C12H17BO4/c1-16-12-8-9(5-6-10(12)13(14)15)11-4-2-3-7-17-11/h5-6,8,11,14-15H,2-4,7H2,1H3/t11-/m0/s1. The molecular formula is C12H17BO4. The Labute approximate surface area is 101 Å². The molecule has 1 aliphatic rings. The first kappa shape index (κ1) is 12.4. The van der Waals surface area contributed by atoms with Gasteiger partial charge in [-0.2, -0.15) is 0 Å². The molecule has 1 aromatic carbocycles. The van der Waals surface area contributed by atoms with Gasteiger partial charge in [-0.3, -0.25) is 0 Å². The lowest BCUT2D eigenvalue weighted by molar-refractivity contribution is 0.0148. The third kappa shape index (κ3) is 2.80. The number of hydrogen-bond donors (Lipinski definition) is 2. The number of methoxy groups -OCH3 is 1. The summed E-state index contributed by atoms with van der Waals surface area (Å²) in [6, 6.07) is 5.37. The third-order valence-corrected chi connectivity index (χ3v) is 3.09. The number of hydrogen-bond acceptors (Lipinski definition) is 4. The molecule has 0 radical (unpaired) electrons.